The van der Waals surface area contributed by atoms with Crippen molar-refractivity contribution in [3.05, 3.63) is 73.7 Å². The Bertz CT molecular complexity index is 872. The van der Waals surface area contributed by atoms with Crippen LogP contribution in [0, 0.1) is 17.0 Å². The molecule has 3 rings (SSSR count). The predicted octanol–water partition coefficient (Wildman–Crippen LogP) is 1.65. The van der Waals surface area contributed by atoms with E-state index in [0.29, 0.717) is 18.7 Å². The third kappa shape index (κ3) is 3.05. The van der Waals surface area contributed by atoms with E-state index in [1.807, 2.05) is 24.3 Å². The Morgan fingerprint density at radius 2 is 2.00 bits per heavy atom. The van der Waals surface area contributed by atoms with Crippen LogP contribution in [-0.4, -0.2) is 26.8 Å². The van der Waals surface area contributed by atoms with Gasteiger partial charge < -0.3 is 4.90 Å². The number of nitro groups is 1. The zero-order valence-corrected chi connectivity index (χ0v) is 13.3. The molecule has 0 atom stereocenters. The van der Waals surface area contributed by atoms with Gasteiger partial charge in [-0.25, -0.2) is 0 Å². The number of amides is 1. The summed E-state index contributed by atoms with van der Waals surface area (Å²) in [5.41, 5.74) is 2.04. The van der Waals surface area contributed by atoms with Gasteiger partial charge in [0.25, 0.3) is 11.2 Å². The highest BCUT2D eigenvalue weighted by Gasteiger charge is 2.22. The minimum atomic E-state index is -0.549. The van der Waals surface area contributed by atoms with Gasteiger partial charge in [-0.15, -0.1) is 0 Å². The van der Waals surface area contributed by atoms with Crippen molar-refractivity contribution in [3.8, 4) is 0 Å². The molecule has 0 saturated heterocycles. The lowest BCUT2D eigenvalue weighted by atomic mass is 10.00. The molecule has 24 heavy (non-hydrogen) atoms. The van der Waals surface area contributed by atoms with E-state index in [1.54, 1.807) is 4.90 Å². The number of aryl methyl sites for hydroxylation is 1. The lowest BCUT2D eigenvalue weighted by Crippen LogP contribution is -2.39. The molecular formula is C17H17N3O4. The Morgan fingerprint density at radius 1 is 1.29 bits per heavy atom. The van der Waals surface area contributed by atoms with Gasteiger partial charge in [0.2, 0.25) is 5.91 Å². The molecule has 1 aliphatic heterocycles. The zero-order chi connectivity index (χ0) is 17.3. The quantitative estimate of drug-likeness (QED) is 0.634. The predicted molar refractivity (Wildman–Crippen MR) is 87.7 cm³/mol. The SMILES string of the molecule is Cc1cc(=O)n(CC(=O)N2CCc3ccccc3C2)cc1[N+](=O)[O-]. The van der Waals surface area contributed by atoms with Crippen molar-refractivity contribution in [2.75, 3.05) is 6.54 Å². The zero-order valence-electron chi connectivity index (χ0n) is 13.3. The number of rotatable bonds is 3. The van der Waals surface area contributed by atoms with Crippen molar-refractivity contribution in [2.24, 2.45) is 0 Å². The molecule has 124 valence electrons. The van der Waals surface area contributed by atoms with E-state index in [2.05, 4.69) is 0 Å². The van der Waals surface area contributed by atoms with Gasteiger partial charge in [-0.3, -0.25) is 24.3 Å². The smallest absolute Gasteiger partial charge is 0.288 e. The average Bonchev–Trinajstić information content (AvgIpc) is 2.56. The molecule has 1 aromatic heterocycles. The molecule has 0 saturated carbocycles. The average molecular weight is 327 g/mol. The van der Waals surface area contributed by atoms with Gasteiger partial charge in [-0.05, 0) is 24.5 Å². The van der Waals surface area contributed by atoms with Crippen molar-refractivity contribution in [1.82, 2.24) is 9.47 Å². The first-order valence-electron chi connectivity index (χ1n) is 7.66. The van der Waals surface area contributed by atoms with E-state index in [9.17, 15) is 19.7 Å². The number of carbonyl (C=O) groups excluding carboxylic acids is 1. The van der Waals surface area contributed by atoms with Crippen molar-refractivity contribution < 1.29 is 9.72 Å². The van der Waals surface area contributed by atoms with Gasteiger partial charge in [0.1, 0.15) is 6.54 Å². The van der Waals surface area contributed by atoms with Crippen molar-refractivity contribution in [2.45, 2.75) is 26.4 Å². The van der Waals surface area contributed by atoms with Crippen molar-refractivity contribution in [3.63, 3.8) is 0 Å². The second kappa shape index (κ2) is 6.27. The highest BCUT2D eigenvalue weighted by Crippen LogP contribution is 2.19. The first kappa shape index (κ1) is 15.9. The molecule has 0 N–H and O–H groups in total. The minimum absolute atomic E-state index is 0.161. The maximum absolute atomic E-state index is 12.5. The van der Waals surface area contributed by atoms with Crippen LogP contribution in [0.3, 0.4) is 0 Å². The number of benzene rings is 1. The lowest BCUT2D eigenvalue weighted by Gasteiger charge is -2.29. The largest absolute Gasteiger partial charge is 0.336 e. The van der Waals surface area contributed by atoms with E-state index in [-0.39, 0.29) is 18.1 Å². The van der Waals surface area contributed by atoms with Gasteiger partial charge in [-0.1, -0.05) is 24.3 Å². The van der Waals surface area contributed by atoms with Gasteiger partial charge in [0.05, 0.1) is 11.1 Å². The Kier molecular flexibility index (Phi) is 4.16. The monoisotopic (exact) mass is 327 g/mol. The molecule has 0 unspecified atom stereocenters. The maximum Gasteiger partial charge on any atom is 0.288 e. The topological polar surface area (TPSA) is 85.5 Å². The molecule has 0 fully saturated rings. The number of pyridine rings is 1. The van der Waals surface area contributed by atoms with Crippen LogP contribution in [0.15, 0.2) is 41.3 Å². The third-order valence-corrected chi connectivity index (χ3v) is 4.29. The van der Waals surface area contributed by atoms with Gasteiger partial charge in [0.15, 0.2) is 0 Å². The molecule has 1 aliphatic rings. The Labute approximate surface area is 138 Å². The van der Waals surface area contributed by atoms with Crippen LogP contribution in [0.25, 0.3) is 0 Å². The number of aromatic nitrogens is 1. The third-order valence-electron chi connectivity index (χ3n) is 4.29. The van der Waals surface area contributed by atoms with Crippen LogP contribution >= 0.6 is 0 Å². The minimum Gasteiger partial charge on any atom is -0.336 e. The van der Waals surface area contributed by atoms with Gasteiger partial charge in [0, 0.05) is 24.7 Å². The van der Waals surface area contributed by atoms with E-state index in [4.69, 9.17) is 0 Å². The molecule has 0 spiro atoms. The summed E-state index contributed by atoms with van der Waals surface area (Å²) >= 11 is 0. The summed E-state index contributed by atoms with van der Waals surface area (Å²) < 4.78 is 1.11. The maximum atomic E-state index is 12.5. The molecule has 0 aliphatic carbocycles. The number of hydrogen-bond donors (Lipinski definition) is 0. The standard InChI is InChI=1S/C17H17N3O4/c1-12-8-16(21)19(10-15(12)20(23)24)11-17(22)18-7-6-13-4-2-3-5-14(13)9-18/h2-5,8,10H,6-7,9,11H2,1H3. The molecule has 2 heterocycles. The molecule has 7 heteroatoms. The first-order chi connectivity index (χ1) is 11.5. The lowest BCUT2D eigenvalue weighted by molar-refractivity contribution is -0.385. The first-order valence-corrected chi connectivity index (χ1v) is 7.66. The second-order valence-corrected chi connectivity index (χ2v) is 5.90. The fourth-order valence-electron chi connectivity index (χ4n) is 2.92. The van der Waals surface area contributed by atoms with Crippen LogP contribution in [-0.2, 0) is 24.3 Å². The summed E-state index contributed by atoms with van der Waals surface area (Å²) in [6.45, 7) is 2.39. The molecule has 0 bridgehead atoms. The fourth-order valence-corrected chi connectivity index (χ4v) is 2.92. The Balaban J connectivity index is 1.80. The summed E-state index contributed by atoms with van der Waals surface area (Å²) in [7, 11) is 0. The Morgan fingerprint density at radius 3 is 2.71 bits per heavy atom. The molecule has 1 aromatic carbocycles. The van der Waals surface area contributed by atoms with E-state index in [0.717, 1.165) is 22.7 Å². The summed E-state index contributed by atoms with van der Waals surface area (Å²) in [6, 6.07) is 9.13. The van der Waals surface area contributed by atoms with Gasteiger partial charge >= 0.3 is 0 Å². The summed E-state index contributed by atoms with van der Waals surface area (Å²) in [4.78, 5) is 36.6. The number of nitrogens with zero attached hydrogens (tertiary/aromatic N) is 3. The van der Waals surface area contributed by atoms with Gasteiger partial charge in [-0.2, -0.15) is 0 Å². The molecule has 2 aromatic rings. The Hall–Kier alpha value is -2.96. The summed E-state index contributed by atoms with van der Waals surface area (Å²) in [5, 5.41) is 11.0. The summed E-state index contributed by atoms with van der Waals surface area (Å²) in [6.07, 6.45) is 1.91. The highest BCUT2D eigenvalue weighted by molar-refractivity contribution is 5.76. The highest BCUT2D eigenvalue weighted by atomic mass is 16.6. The molecule has 0 radical (unpaired) electrons. The van der Waals surface area contributed by atoms with Crippen molar-refractivity contribution >= 4 is 11.6 Å². The number of fused-ring (bicyclic) bond motifs is 1. The van der Waals surface area contributed by atoms with E-state index in [1.165, 1.54) is 18.6 Å². The van der Waals surface area contributed by atoms with Crippen LogP contribution < -0.4 is 5.56 Å². The fraction of sp³-hybridized carbons (Fsp3) is 0.294. The van der Waals surface area contributed by atoms with Crippen molar-refractivity contribution in [1.29, 1.82) is 0 Å². The molecular weight excluding hydrogens is 310 g/mol. The van der Waals surface area contributed by atoms with Crippen LogP contribution in [0.4, 0.5) is 5.69 Å². The number of carbonyl (C=O) groups is 1. The van der Waals surface area contributed by atoms with Crippen LogP contribution in [0.2, 0.25) is 0 Å². The normalized spacial score (nSPS) is 13.5. The molecule has 7 nitrogen and oxygen atoms in total. The van der Waals surface area contributed by atoms with Crippen LogP contribution in [0.5, 0.6) is 0 Å². The van der Waals surface area contributed by atoms with Crippen LogP contribution in [0.1, 0.15) is 16.7 Å². The van der Waals surface area contributed by atoms with E-state index >= 15 is 0 Å². The second-order valence-electron chi connectivity index (χ2n) is 5.90. The van der Waals surface area contributed by atoms with E-state index < -0.39 is 10.5 Å². The summed E-state index contributed by atoms with van der Waals surface area (Å²) in [5.74, 6) is -0.218. The molecule has 1 amide bonds. The number of hydrogen-bond acceptors (Lipinski definition) is 4.